The van der Waals surface area contributed by atoms with Gasteiger partial charge in [-0.25, -0.2) is 9.59 Å². The summed E-state index contributed by atoms with van der Waals surface area (Å²) in [7, 11) is 0. The van der Waals surface area contributed by atoms with Crippen LogP contribution in [0.2, 0.25) is 0 Å². The van der Waals surface area contributed by atoms with Crippen LogP contribution in [0.1, 0.15) is 54.4 Å². The minimum atomic E-state index is -0.696. The van der Waals surface area contributed by atoms with Gasteiger partial charge in [0.25, 0.3) is 0 Å². The van der Waals surface area contributed by atoms with E-state index in [2.05, 4.69) is 0 Å². The average Bonchev–Trinajstić information content (AvgIpc) is 3.29. The van der Waals surface area contributed by atoms with Crippen molar-refractivity contribution >= 4 is 18.0 Å². The molecule has 1 heterocycles. The number of nitrogens with zero attached hydrogens (tertiary/aromatic N) is 3. The quantitative estimate of drug-likeness (QED) is 0.708. The van der Waals surface area contributed by atoms with Crippen LogP contribution >= 0.6 is 0 Å². The summed E-state index contributed by atoms with van der Waals surface area (Å²) in [4.78, 5) is 45.8. The molecular formula is C18H31N3O5. The van der Waals surface area contributed by atoms with Crippen molar-refractivity contribution in [3.8, 4) is 0 Å². The summed E-state index contributed by atoms with van der Waals surface area (Å²) >= 11 is 0. The van der Waals surface area contributed by atoms with E-state index in [9.17, 15) is 14.4 Å². The molecule has 26 heavy (non-hydrogen) atoms. The summed E-state index contributed by atoms with van der Waals surface area (Å²) in [6.45, 7) is 12.8. The summed E-state index contributed by atoms with van der Waals surface area (Å²) in [5, 5.41) is 1.04. The van der Waals surface area contributed by atoms with Gasteiger partial charge in [0.05, 0.1) is 5.41 Å². The van der Waals surface area contributed by atoms with Crippen LogP contribution < -0.4 is 0 Å². The molecule has 1 atom stereocenters. The van der Waals surface area contributed by atoms with Crippen LogP contribution in [0.3, 0.4) is 0 Å². The molecule has 0 spiro atoms. The second-order valence-corrected chi connectivity index (χ2v) is 8.42. The van der Waals surface area contributed by atoms with Gasteiger partial charge in [0.15, 0.2) is 0 Å². The summed E-state index contributed by atoms with van der Waals surface area (Å²) < 4.78 is 5.42. The molecule has 148 valence electrons. The third kappa shape index (κ3) is 5.09. The van der Waals surface area contributed by atoms with Gasteiger partial charge >= 0.3 is 12.1 Å². The molecule has 1 saturated carbocycles. The van der Waals surface area contributed by atoms with Gasteiger partial charge in [-0.1, -0.05) is 0 Å². The molecule has 2 rings (SSSR count). The van der Waals surface area contributed by atoms with E-state index in [1.807, 2.05) is 11.8 Å². The van der Waals surface area contributed by atoms with E-state index < -0.39 is 29.2 Å². The van der Waals surface area contributed by atoms with Gasteiger partial charge in [-0.15, -0.1) is 5.06 Å². The van der Waals surface area contributed by atoms with Gasteiger partial charge in [-0.05, 0) is 47.5 Å². The Bertz CT molecular complexity index is 560. The monoisotopic (exact) mass is 369 g/mol. The van der Waals surface area contributed by atoms with Gasteiger partial charge in [-0.2, -0.15) is 0 Å². The highest BCUT2D eigenvalue weighted by molar-refractivity contribution is 5.80. The zero-order chi connectivity index (χ0) is 19.7. The van der Waals surface area contributed by atoms with Crippen molar-refractivity contribution in [3.05, 3.63) is 0 Å². The third-order valence-corrected chi connectivity index (χ3v) is 4.87. The molecule has 0 bridgehead atoms. The molecule has 2 amide bonds. The number of carbonyl (C=O) groups excluding carboxylic acids is 3. The van der Waals surface area contributed by atoms with Crippen molar-refractivity contribution in [1.82, 2.24) is 14.9 Å². The Balaban J connectivity index is 2.07. The first-order valence-corrected chi connectivity index (χ1v) is 9.17. The van der Waals surface area contributed by atoms with Crippen molar-refractivity contribution < 1.29 is 24.0 Å². The van der Waals surface area contributed by atoms with Crippen LogP contribution in [0, 0.1) is 5.41 Å². The molecule has 0 aromatic heterocycles. The van der Waals surface area contributed by atoms with Gasteiger partial charge in [0.1, 0.15) is 11.8 Å². The van der Waals surface area contributed by atoms with Crippen molar-refractivity contribution in [3.63, 3.8) is 0 Å². The SMILES string of the molecule is CC(=O)N1CCN([C@@H](C)N(OC(=O)C2(C)CC2)C(=O)OC(C)(C)C)CC1. The van der Waals surface area contributed by atoms with Crippen LogP contribution in [-0.4, -0.2) is 70.8 Å². The predicted octanol–water partition coefficient (Wildman–Crippen LogP) is 1.99. The highest BCUT2D eigenvalue weighted by atomic mass is 16.8. The highest BCUT2D eigenvalue weighted by Crippen LogP contribution is 2.46. The zero-order valence-electron chi connectivity index (χ0n) is 16.7. The number of hydroxylamine groups is 2. The number of piperazine rings is 1. The molecule has 1 aliphatic heterocycles. The van der Waals surface area contributed by atoms with Crippen LogP contribution in [-0.2, 0) is 19.2 Å². The number of amides is 2. The maximum atomic E-state index is 12.6. The Hall–Kier alpha value is -1.83. The minimum Gasteiger partial charge on any atom is -0.442 e. The fourth-order valence-corrected chi connectivity index (χ4v) is 2.72. The molecule has 0 N–H and O–H groups in total. The van der Waals surface area contributed by atoms with Crippen LogP contribution in [0.4, 0.5) is 4.79 Å². The van der Waals surface area contributed by atoms with Crippen molar-refractivity contribution in [2.24, 2.45) is 5.41 Å². The molecule has 2 aliphatic rings. The van der Waals surface area contributed by atoms with E-state index in [0.717, 1.165) is 17.9 Å². The summed E-state index contributed by atoms with van der Waals surface area (Å²) in [6.07, 6.45) is 0.362. The molecule has 2 fully saturated rings. The molecule has 0 unspecified atom stereocenters. The molecular weight excluding hydrogens is 338 g/mol. The van der Waals surface area contributed by atoms with Gasteiger partial charge < -0.3 is 14.5 Å². The molecule has 1 saturated heterocycles. The van der Waals surface area contributed by atoms with E-state index in [-0.39, 0.29) is 5.91 Å². The Morgan fingerprint density at radius 1 is 1.08 bits per heavy atom. The van der Waals surface area contributed by atoms with E-state index in [1.165, 1.54) is 0 Å². The second-order valence-electron chi connectivity index (χ2n) is 8.42. The summed E-state index contributed by atoms with van der Waals surface area (Å²) in [5.74, 6) is -0.369. The third-order valence-electron chi connectivity index (χ3n) is 4.87. The van der Waals surface area contributed by atoms with Gasteiger partial charge in [0.2, 0.25) is 5.91 Å². The maximum absolute atomic E-state index is 12.6. The molecule has 8 nitrogen and oxygen atoms in total. The molecule has 0 radical (unpaired) electrons. The van der Waals surface area contributed by atoms with Crippen LogP contribution in [0.5, 0.6) is 0 Å². The first-order valence-electron chi connectivity index (χ1n) is 9.17. The number of ether oxygens (including phenoxy) is 1. The van der Waals surface area contributed by atoms with Crippen molar-refractivity contribution in [1.29, 1.82) is 0 Å². The highest BCUT2D eigenvalue weighted by Gasteiger charge is 2.49. The molecule has 0 aromatic carbocycles. The van der Waals surface area contributed by atoms with Crippen molar-refractivity contribution in [2.45, 2.75) is 66.2 Å². The lowest BCUT2D eigenvalue weighted by molar-refractivity contribution is -0.213. The Kier molecular flexibility index (Phi) is 5.85. The molecule has 8 heteroatoms. The van der Waals surface area contributed by atoms with Crippen molar-refractivity contribution in [2.75, 3.05) is 26.2 Å². The summed E-state index contributed by atoms with van der Waals surface area (Å²) in [5.41, 5.74) is -1.20. The standard InChI is InChI=1S/C18H31N3O5/c1-13(19-9-11-20(12-10-19)14(2)22)21(16(24)25-17(3,4)5)26-15(23)18(6)7-8-18/h13H,7-12H2,1-6H3/t13-/m1/s1. The fourth-order valence-electron chi connectivity index (χ4n) is 2.72. The lowest BCUT2D eigenvalue weighted by Crippen LogP contribution is -2.57. The van der Waals surface area contributed by atoms with E-state index in [4.69, 9.17) is 9.57 Å². The largest absolute Gasteiger partial charge is 0.445 e. The first-order chi connectivity index (χ1) is 11.9. The van der Waals surface area contributed by atoms with E-state index in [0.29, 0.717) is 26.2 Å². The van der Waals surface area contributed by atoms with E-state index >= 15 is 0 Å². The van der Waals surface area contributed by atoms with Crippen LogP contribution in [0.25, 0.3) is 0 Å². The molecule has 1 aliphatic carbocycles. The topological polar surface area (TPSA) is 79.4 Å². The normalized spacial score (nSPS) is 20.9. The molecule has 0 aromatic rings. The maximum Gasteiger partial charge on any atom is 0.445 e. The second kappa shape index (κ2) is 7.42. The lowest BCUT2D eigenvalue weighted by Gasteiger charge is -2.41. The first kappa shape index (κ1) is 20.5. The predicted molar refractivity (Wildman–Crippen MR) is 94.8 cm³/mol. The van der Waals surface area contributed by atoms with Gasteiger partial charge in [-0.3, -0.25) is 9.69 Å². The zero-order valence-corrected chi connectivity index (χ0v) is 16.7. The smallest absolute Gasteiger partial charge is 0.442 e. The Labute approximate surface area is 155 Å². The fraction of sp³-hybridized carbons (Fsp3) is 0.833. The number of carbonyl (C=O) groups is 3. The number of rotatable bonds is 3. The number of hydrogen-bond donors (Lipinski definition) is 0. The van der Waals surface area contributed by atoms with Gasteiger partial charge in [0, 0.05) is 33.1 Å². The minimum absolute atomic E-state index is 0.0365. The Morgan fingerprint density at radius 3 is 2.04 bits per heavy atom. The summed E-state index contributed by atoms with van der Waals surface area (Å²) in [6, 6.07) is 0. The van der Waals surface area contributed by atoms with E-state index in [1.54, 1.807) is 39.5 Å². The Morgan fingerprint density at radius 2 is 1.62 bits per heavy atom. The number of hydrogen-bond acceptors (Lipinski definition) is 6. The lowest BCUT2D eigenvalue weighted by atomic mass is 10.1. The average molecular weight is 369 g/mol. The van der Waals surface area contributed by atoms with Crippen LogP contribution in [0.15, 0.2) is 0 Å².